The highest BCUT2D eigenvalue weighted by atomic mass is 16.5. The maximum Gasteiger partial charge on any atom is 0.138 e. The van der Waals surface area contributed by atoms with Gasteiger partial charge in [0.25, 0.3) is 0 Å². The van der Waals surface area contributed by atoms with Gasteiger partial charge in [0.1, 0.15) is 11.4 Å². The van der Waals surface area contributed by atoms with Crippen LogP contribution in [0.4, 0.5) is 0 Å². The molecule has 4 nitrogen and oxygen atoms in total. The number of methoxy groups -OCH3 is 1. The number of pyridine rings is 1. The largest absolute Gasteiger partial charge is 0.496 e. The van der Waals surface area contributed by atoms with Crippen molar-refractivity contribution in [2.75, 3.05) is 20.2 Å². The number of aromatic nitrogens is 2. The molecule has 0 saturated carbocycles. The molecule has 0 unspecified atom stereocenters. The molecule has 0 atom stereocenters. The van der Waals surface area contributed by atoms with Crippen LogP contribution in [-0.2, 0) is 6.54 Å². The Hall–Kier alpha value is -3.11. The number of aromatic amines is 1. The standard InChI is InChI=1S/C28H33N3O/c1-6-31(7-2)18-20-11-12-27(32-5)25(15-20)26-17-24-23(13-14-29-28(24)30-26)22-10-8-9-21(16-22)19(3)4/h8-17,19H,6-7,18H2,1-5H3,(H,29,30). The number of hydrogen-bond acceptors (Lipinski definition) is 3. The molecule has 166 valence electrons. The Balaban J connectivity index is 1.80. The molecule has 1 N–H and O–H groups in total. The number of fused-ring (bicyclic) bond motifs is 1. The molecule has 2 aromatic carbocycles. The molecule has 4 rings (SSSR count). The van der Waals surface area contributed by atoms with E-state index < -0.39 is 0 Å². The monoisotopic (exact) mass is 427 g/mol. The molecule has 0 amide bonds. The number of hydrogen-bond donors (Lipinski definition) is 1. The lowest BCUT2D eigenvalue weighted by Crippen LogP contribution is -2.22. The highest BCUT2D eigenvalue weighted by Gasteiger charge is 2.15. The van der Waals surface area contributed by atoms with E-state index in [1.54, 1.807) is 7.11 Å². The zero-order chi connectivity index (χ0) is 22.7. The summed E-state index contributed by atoms with van der Waals surface area (Å²) >= 11 is 0. The van der Waals surface area contributed by atoms with Crippen LogP contribution in [0.1, 0.15) is 44.7 Å². The van der Waals surface area contributed by atoms with Gasteiger partial charge in [0, 0.05) is 23.7 Å². The molecule has 32 heavy (non-hydrogen) atoms. The second-order valence-corrected chi connectivity index (χ2v) is 8.58. The van der Waals surface area contributed by atoms with E-state index in [1.165, 1.54) is 22.3 Å². The van der Waals surface area contributed by atoms with E-state index in [4.69, 9.17) is 4.74 Å². The van der Waals surface area contributed by atoms with Gasteiger partial charge >= 0.3 is 0 Å². The van der Waals surface area contributed by atoms with Gasteiger partial charge < -0.3 is 9.72 Å². The Labute approximate surface area is 191 Å². The van der Waals surface area contributed by atoms with Crippen LogP contribution < -0.4 is 4.74 Å². The molecule has 4 aromatic rings. The van der Waals surface area contributed by atoms with Gasteiger partial charge in [0.05, 0.1) is 12.8 Å². The van der Waals surface area contributed by atoms with E-state index in [9.17, 15) is 0 Å². The van der Waals surface area contributed by atoms with Crippen molar-refractivity contribution in [3.05, 3.63) is 71.9 Å². The summed E-state index contributed by atoms with van der Waals surface area (Å²) < 4.78 is 5.71. The minimum absolute atomic E-state index is 0.492. The molecule has 2 heterocycles. The van der Waals surface area contributed by atoms with E-state index >= 15 is 0 Å². The van der Waals surface area contributed by atoms with E-state index in [0.717, 1.165) is 47.7 Å². The lowest BCUT2D eigenvalue weighted by molar-refractivity contribution is 0.296. The predicted octanol–water partition coefficient (Wildman–Crippen LogP) is 6.87. The van der Waals surface area contributed by atoms with Crippen LogP contribution in [-0.4, -0.2) is 35.1 Å². The average Bonchev–Trinajstić information content (AvgIpc) is 3.26. The van der Waals surface area contributed by atoms with Crippen LogP contribution in [0.15, 0.2) is 60.8 Å². The number of H-pyrrole nitrogens is 1. The van der Waals surface area contributed by atoms with Crippen LogP contribution >= 0.6 is 0 Å². The van der Waals surface area contributed by atoms with Gasteiger partial charge in [0.15, 0.2) is 0 Å². The summed E-state index contributed by atoms with van der Waals surface area (Å²) in [5, 5.41) is 1.12. The van der Waals surface area contributed by atoms with Gasteiger partial charge in [0.2, 0.25) is 0 Å². The molecule has 2 aromatic heterocycles. The van der Waals surface area contributed by atoms with E-state index in [2.05, 4.69) is 97.2 Å². The highest BCUT2D eigenvalue weighted by Crippen LogP contribution is 2.36. The van der Waals surface area contributed by atoms with Crippen molar-refractivity contribution in [3.63, 3.8) is 0 Å². The maximum atomic E-state index is 5.71. The molecular weight excluding hydrogens is 394 g/mol. The van der Waals surface area contributed by atoms with Gasteiger partial charge in [-0.3, -0.25) is 4.90 Å². The zero-order valence-electron chi connectivity index (χ0n) is 19.8. The summed E-state index contributed by atoms with van der Waals surface area (Å²) in [7, 11) is 1.73. The highest BCUT2D eigenvalue weighted by molar-refractivity contribution is 5.96. The summed E-state index contributed by atoms with van der Waals surface area (Å²) in [5.74, 6) is 1.36. The summed E-state index contributed by atoms with van der Waals surface area (Å²) in [5.41, 5.74) is 8.02. The van der Waals surface area contributed by atoms with Crippen LogP contribution in [0.5, 0.6) is 5.75 Å². The smallest absolute Gasteiger partial charge is 0.138 e. The quantitative estimate of drug-likeness (QED) is 0.333. The minimum atomic E-state index is 0.492. The molecular formula is C28H33N3O. The molecule has 0 radical (unpaired) electrons. The normalized spacial score (nSPS) is 11.6. The molecule has 0 aliphatic heterocycles. The summed E-state index contributed by atoms with van der Waals surface area (Å²) in [6, 6.07) is 19.6. The van der Waals surface area contributed by atoms with Gasteiger partial charge in [-0.15, -0.1) is 0 Å². The van der Waals surface area contributed by atoms with Crippen LogP contribution in [0.2, 0.25) is 0 Å². The minimum Gasteiger partial charge on any atom is -0.496 e. The van der Waals surface area contributed by atoms with Crippen molar-refractivity contribution in [1.29, 1.82) is 0 Å². The van der Waals surface area contributed by atoms with Crippen molar-refractivity contribution in [3.8, 4) is 28.1 Å². The lowest BCUT2D eigenvalue weighted by Gasteiger charge is -2.19. The Kier molecular flexibility index (Phi) is 6.61. The number of nitrogens with one attached hydrogen (secondary N) is 1. The second kappa shape index (κ2) is 9.58. The third-order valence-corrected chi connectivity index (χ3v) is 6.25. The Morgan fingerprint density at radius 1 is 0.969 bits per heavy atom. The first-order valence-corrected chi connectivity index (χ1v) is 11.5. The predicted molar refractivity (Wildman–Crippen MR) is 134 cm³/mol. The summed E-state index contributed by atoms with van der Waals surface area (Å²) in [6.45, 7) is 11.9. The second-order valence-electron chi connectivity index (χ2n) is 8.58. The third-order valence-electron chi connectivity index (χ3n) is 6.25. The number of rotatable bonds is 8. The zero-order valence-corrected chi connectivity index (χ0v) is 19.8. The fraction of sp³-hybridized carbons (Fsp3) is 0.321. The van der Waals surface area contributed by atoms with Crippen molar-refractivity contribution < 1.29 is 4.74 Å². The van der Waals surface area contributed by atoms with Gasteiger partial charge in [-0.2, -0.15) is 0 Å². The van der Waals surface area contributed by atoms with E-state index in [0.29, 0.717) is 5.92 Å². The van der Waals surface area contributed by atoms with Gasteiger partial charge in [-0.25, -0.2) is 4.98 Å². The SMILES string of the molecule is CCN(CC)Cc1ccc(OC)c(-c2cc3c(-c4cccc(C(C)C)c4)ccnc3[nH]2)c1. The van der Waals surface area contributed by atoms with E-state index in [-0.39, 0.29) is 0 Å². The van der Waals surface area contributed by atoms with Crippen LogP contribution in [0, 0.1) is 0 Å². The van der Waals surface area contributed by atoms with Crippen molar-refractivity contribution in [2.45, 2.75) is 40.2 Å². The molecule has 0 aliphatic rings. The van der Waals surface area contributed by atoms with Gasteiger partial charge in [-0.05, 0) is 65.5 Å². The Morgan fingerprint density at radius 2 is 1.78 bits per heavy atom. The van der Waals surface area contributed by atoms with Crippen LogP contribution in [0.3, 0.4) is 0 Å². The number of nitrogens with zero attached hydrogens (tertiary/aromatic N) is 2. The first-order chi connectivity index (χ1) is 15.5. The lowest BCUT2D eigenvalue weighted by atomic mass is 9.96. The topological polar surface area (TPSA) is 41.1 Å². The fourth-order valence-electron chi connectivity index (χ4n) is 4.26. The molecule has 0 bridgehead atoms. The number of benzene rings is 2. The molecule has 0 saturated heterocycles. The molecule has 0 fully saturated rings. The molecule has 0 spiro atoms. The molecule has 0 aliphatic carbocycles. The first kappa shape index (κ1) is 22.1. The average molecular weight is 428 g/mol. The number of ether oxygens (including phenoxy) is 1. The summed E-state index contributed by atoms with van der Waals surface area (Å²) in [6.07, 6.45) is 1.88. The molecule has 4 heteroatoms. The van der Waals surface area contributed by atoms with Crippen molar-refractivity contribution in [2.24, 2.45) is 0 Å². The fourth-order valence-corrected chi connectivity index (χ4v) is 4.26. The maximum absolute atomic E-state index is 5.71. The van der Waals surface area contributed by atoms with Gasteiger partial charge in [-0.1, -0.05) is 58.0 Å². The Bertz CT molecular complexity index is 1200. The van der Waals surface area contributed by atoms with Crippen molar-refractivity contribution >= 4 is 11.0 Å². The summed E-state index contributed by atoms with van der Waals surface area (Å²) in [4.78, 5) is 10.6. The van der Waals surface area contributed by atoms with Crippen LogP contribution in [0.25, 0.3) is 33.4 Å². The van der Waals surface area contributed by atoms with E-state index in [1.807, 2.05) is 6.20 Å². The third kappa shape index (κ3) is 4.42. The first-order valence-electron chi connectivity index (χ1n) is 11.5. The Morgan fingerprint density at radius 3 is 2.50 bits per heavy atom. The van der Waals surface area contributed by atoms with Crippen molar-refractivity contribution in [1.82, 2.24) is 14.9 Å².